The molecule has 3 aromatic rings. The maximum Gasteiger partial charge on any atom is 0.328 e. The molecule has 1 aromatic heterocycles. The predicted molar refractivity (Wildman–Crippen MR) is 122 cm³/mol. The van der Waals surface area contributed by atoms with Crippen molar-refractivity contribution in [2.45, 2.75) is 12.6 Å². The largest absolute Gasteiger partial charge is 0.478 e. The van der Waals surface area contributed by atoms with Gasteiger partial charge in [-0.05, 0) is 17.2 Å². The molecule has 0 atom stereocenters. The molecule has 6 heteroatoms. The molecule has 31 heavy (non-hydrogen) atoms. The zero-order valence-electron chi connectivity index (χ0n) is 17.5. The van der Waals surface area contributed by atoms with Gasteiger partial charge in [0.1, 0.15) is 0 Å². The first kappa shape index (κ1) is 21.0. The monoisotopic (exact) mass is 416 g/mol. The average Bonchev–Trinajstić information content (AvgIpc) is 3.27. The van der Waals surface area contributed by atoms with Crippen molar-refractivity contribution in [2.24, 2.45) is 0 Å². The summed E-state index contributed by atoms with van der Waals surface area (Å²) in [6, 6.07) is 21.8. The molecule has 1 fully saturated rings. The Morgan fingerprint density at radius 2 is 1.55 bits per heavy atom. The Labute approximate surface area is 183 Å². The fourth-order valence-electron chi connectivity index (χ4n) is 4.13. The van der Waals surface area contributed by atoms with Crippen molar-refractivity contribution in [3.05, 3.63) is 96.1 Å². The topological polar surface area (TPSA) is 61.6 Å². The van der Waals surface area contributed by atoms with Gasteiger partial charge in [0.25, 0.3) is 0 Å². The normalized spacial score (nSPS) is 15.6. The van der Waals surface area contributed by atoms with Crippen molar-refractivity contribution >= 4 is 12.0 Å². The number of benzene rings is 2. The van der Waals surface area contributed by atoms with Gasteiger partial charge in [-0.2, -0.15) is 0 Å². The van der Waals surface area contributed by atoms with E-state index in [0.29, 0.717) is 5.69 Å². The molecule has 4 rings (SSSR count). The standard InChI is InChI=1S/C25H28N4O2/c30-24(31)12-11-23-19-28(20-26-23)14-13-27-15-17-29(18-16-27)25(21-7-3-1-4-8-21)22-9-5-2-6-10-22/h1-12,19-20,25H,13-18H2,(H,30,31)/b12-11+. The van der Waals surface area contributed by atoms with Gasteiger partial charge in [0, 0.05) is 51.5 Å². The van der Waals surface area contributed by atoms with Crippen LogP contribution in [-0.4, -0.2) is 63.2 Å². The van der Waals surface area contributed by atoms with Gasteiger partial charge < -0.3 is 9.67 Å². The van der Waals surface area contributed by atoms with Gasteiger partial charge in [-0.3, -0.25) is 9.80 Å². The maximum atomic E-state index is 10.6. The van der Waals surface area contributed by atoms with E-state index >= 15 is 0 Å². The van der Waals surface area contributed by atoms with Gasteiger partial charge in [-0.25, -0.2) is 9.78 Å². The van der Waals surface area contributed by atoms with Crippen LogP contribution in [0.15, 0.2) is 79.3 Å². The summed E-state index contributed by atoms with van der Waals surface area (Å²) in [5.74, 6) is -0.961. The quantitative estimate of drug-likeness (QED) is 0.571. The SMILES string of the molecule is O=C(O)/C=C/c1cn(CCN2CCN(C(c3ccccc3)c3ccccc3)CC2)cn1. The van der Waals surface area contributed by atoms with Crippen LogP contribution in [0.5, 0.6) is 0 Å². The Morgan fingerprint density at radius 1 is 0.935 bits per heavy atom. The van der Waals surface area contributed by atoms with Crippen LogP contribution in [0.4, 0.5) is 0 Å². The molecule has 2 aromatic carbocycles. The Morgan fingerprint density at radius 3 is 2.13 bits per heavy atom. The number of hydrogen-bond donors (Lipinski definition) is 1. The number of piperazine rings is 1. The van der Waals surface area contributed by atoms with Crippen LogP contribution in [0.3, 0.4) is 0 Å². The minimum atomic E-state index is -0.961. The molecule has 0 unspecified atom stereocenters. The van der Waals surface area contributed by atoms with Gasteiger partial charge in [0.15, 0.2) is 0 Å². The second kappa shape index (κ2) is 10.2. The number of rotatable bonds is 8. The van der Waals surface area contributed by atoms with E-state index in [1.165, 1.54) is 17.2 Å². The first-order valence-electron chi connectivity index (χ1n) is 10.7. The first-order chi connectivity index (χ1) is 15.2. The van der Waals surface area contributed by atoms with Gasteiger partial charge in [0.05, 0.1) is 18.1 Å². The van der Waals surface area contributed by atoms with E-state index in [1.807, 2.05) is 10.8 Å². The molecule has 160 valence electrons. The zero-order chi connectivity index (χ0) is 21.5. The summed E-state index contributed by atoms with van der Waals surface area (Å²) in [5, 5.41) is 8.73. The number of nitrogens with zero attached hydrogens (tertiary/aromatic N) is 4. The molecule has 0 saturated carbocycles. The highest BCUT2D eigenvalue weighted by Gasteiger charge is 2.26. The highest BCUT2D eigenvalue weighted by molar-refractivity contribution is 5.84. The van der Waals surface area contributed by atoms with Crippen LogP contribution in [0, 0.1) is 0 Å². The molecule has 1 saturated heterocycles. The fourth-order valence-corrected chi connectivity index (χ4v) is 4.13. The molecular formula is C25H28N4O2. The van der Waals surface area contributed by atoms with Crippen molar-refractivity contribution in [2.75, 3.05) is 32.7 Å². The molecule has 1 N–H and O–H groups in total. The van der Waals surface area contributed by atoms with E-state index in [9.17, 15) is 4.79 Å². The summed E-state index contributed by atoms with van der Waals surface area (Å²) in [6.45, 7) is 5.88. The van der Waals surface area contributed by atoms with Crippen LogP contribution >= 0.6 is 0 Å². The van der Waals surface area contributed by atoms with Crippen LogP contribution in [-0.2, 0) is 11.3 Å². The maximum absolute atomic E-state index is 10.6. The van der Waals surface area contributed by atoms with Gasteiger partial charge in [0.2, 0.25) is 0 Å². The summed E-state index contributed by atoms with van der Waals surface area (Å²) < 4.78 is 2.02. The number of carboxylic acids is 1. The van der Waals surface area contributed by atoms with E-state index in [-0.39, 0.29) is 6.04 Å². The molecular weight excluding hydrogens is 388 g/mol. The molecule has 0 amide bonds. The molecule has 0 bridgehead atoms. The molecule has 2 heterocycles. The number of carbonyl (C=O) groups is 1. The number of hydrogen-bond acceptors (Lipinski definition) is 4. The molecule has 6 nitrogen and oxygen atoms in total. The highest BCUT2D eigenvalue weighted by Crippen LogP contribution is 2.29. The van der Waals surface area contributed by atoms with E-state index in [0.717, 1.165) is 45.3 Å². The minimum absolute atomic E-state index is 0.279. The number of aromatic nitrogens is 2. The van der Waals surface area contributed by atoms with E-state index < -0.39 is 5.97 Å². The molecule has 0 spiro atoms. The third-order valence-corrected chi connectivity index (χ3v) is 5.73. The summed E-state index contributed by atoms with van der Waals surface area (Å²) in [7, 11) is 0. The first-order valence-corrected chi connectivity index (χ1v) is 10.7. The van der Waals surface area contributed by atoms with Crippen molar-refractivity contribution < 1.29 is 9.90 Å². The predicted octanol–water partition coefficient (Wildman–Crippen LogP) is 3.39. The average molecular weight is 417 g/mol. The van der Waals surface area contributed by atoms with E-state index in [1.54, 1.807) is 6.33 Å². The lowest BCUT2D eigenvalue weighted by Crippen LogP contribution is -2.48. The second-order valence-electron chi connectivity index (χ2n) is 7.81. The summed E-state index contributed by atoms with van der Waals surface area (Å²) in [6.07, 6.45) is 6.28. The van der Waals surface area contributed by atoms with Gasteiger partial charge >= 0.3 is 5.97 Å². The number of imidazole rings is 1. The lowest BCUT2D eigenvalue weighted by Gasteiger charge is -2.39. The lowest BCUT2D eigenvalue weighted by molar-refractivity contribution is -0.131. The third kappa shape index (κ3) is 5.69. The Bertz CT molecular complexity index is 953. The minimum Gasteiger partial charge on any atom is -0.478 e. The Balaban J connectivity index is 1.34. The number of aliphatic carboxylic acids is 1. The molecule has 0 radical (unpaired) electrons. The third-order valence-electron chi connectivity index (χ3n) is 5.73. The van der Waals surface area contributed by atoms with Crippen LogP contribution in [0.1, 0.15) is 22.9 Å². The number of carboxylic acid groups (broad SMARTS) is 1. The van der Waals surface area contributed by atoms with Gasteiger partial charge in [-0.15, -0.1) is 0 Å². The highest BCUT2D eigenvalue weighted by atomic mass is 16.4. The molecule has 0 aliphatic carbocycles. The second-order valence-corrected chi connectivity index (χ2v) is 7.81. The Hall–Kier alpha value is -3.22. The smallest absolute Gasteiger partial charge is 0.328 e. The van der Waals surface area contributed by atoms with E-state index in [4.69, 9.17) is 5.11 Å². The van der Waals surface area contributed by atoms with Crippen molar-refractivity contribution in [1.82, 2.24) is 19.4 Å². The van der Waals surface area contributed by atoms with Crippen LogP contribution in [0.25, 0.3) is 6.08 Å². The summed E-state index contributed by atoms with van der Waals surface area (Å²) in [4.78, 5) is 19.9. The molecule has 1 aliphatic heterocycles. The van der Waals surface area contributed by atoms with Crippen molar-refractivity contribution in [1.29, 1.82) is 0 Å². The zero-order valence-corrected chi connectivity index (χ0v) is 17.5. The summed E-state index contributed by atoms with van der Waals surface area (Å²) >= 11 is 0. The van der Waals surface area contributed by atoms with Crippen LogP contribution in [0.2, 0.25) is 0 Å². The van der Waals surface area contributed by atoms with Crippen LogP contribution < -0.4 is 0 Å². The molecule has 1 aliphatic rings. The fraction of sp³-hybridized carbons (Fsp3) is 0.280. The van der Waals surface area contributed by atoms with E-state index in [2.05, 4.69) is 75.4 Å². The van der Waals surface area contributed by atoms with Crippen molar-refractivity contribution in [3.63, 3.8) is 0 Å². The van der Waals surface area contributed by atoms with Gasteiger partial charge in [-0.1, -0.05) is 60.7 Å². The lowest BCUT2D eigenvalue weighted by atomic mass is 9.96. The van der Waals surface area contributed by atoms with Crippen molar-refractivity contribution in [3.8, 4) is 0 Å². The Kier molecular flexibility index (Phi) is 6.92. The summed E-state index contributed by atoms with van der Waals surface area (Å²) in [5.41, 5.74) is 3.34.